The lowest BCUT2D eigenvalue weighted by Crippen LogP contribution is -2.20. The third kappa shape index (κ3) is 3.49. The molecule has 0 aliphatic rings. The van der Waals surface area contributed by atoms with E-state index in [0.717, 1.165) is 5.69 Å². The van der Waals surface area contributed by atoms with E-state index in [0.29, 0.717) is 29.2 Å². The fourth-order valence-corrected chi connectivity index (χ4v) is 1.98. The first-order chi connectivity index (χ1) is 10.5. The van der Waals surface area contributed by atoms with Gasteiger partial charge in [0.1, 0.15) is 11.6 Å². The number of rotatable bonds is 5. The van der Waals surface area contributed by atoms with Crippen molar-refractivity contribution in [3.8, 4) is 5.75 Å². The summed E-state index contributed by atoms with van der Waals surface area (Å²) in [5.74, 6) is 0.268. The zero-order valence-corrected chi connectivity index (χ0v) is 12.0. The molecule has 0 radical (unpaired) electrons. The number of aromatic amines is 1. The SMILES string of the molecule is C=CC(=O)NCc1cc(/C=C(\N)c2ccccc2O)c(N)[nH]1. The molecular weight excluding hydrogens is 280 g/mol. The minimum atomic E-state index is -0.265. The Morgan fingerprint density at radius 2 is 2.14 bits per heavy atom. The highest BCUT2D eigenvalue weighted by atomic mass is 16.3. The number of nitrogens with one attached hydrogen (secondary N) is 2. The molecule has 0 spiro atoms. The van der Waals surface area contributed by atoms with Gasteiger partial charge in [0.15, 0.2) is 0 Å². The fourth-order valence-electron chi connectivity index (χ4n) is 1.98. The van der Waals surface area contributed by atoms with Crippen molar-refractivity contribution >= 4 is 23.5 Å². The lowest BCUT2D eigenvalue weighted by atomic mass is 10.1. The number of benzene rings is 1. The summed E-state index contributed by atoms with van der Waals surface area (Å²) in [6.07, 6.45) is 2.86. The maximum atomic E-state index is 11.1. The van der Waals surface area contributed by atoms with Gasteiger partial charge in [0, 0.05) is 22.5 Å². The number of nitrogen functional groups attached to an aromatic ring is 1. The van der Waals surface area contributed by atoms with Crippen molar-refractivity contribution in [2.75, 3.05) is 5.73 Å². The van der Waals surface area contributed by atoms with Crippen molar-refractivity contribution in [2.45, 2.75) is 6.54 Å². The molecule has 1 aromatic heterocycles. The molecular formula is C16H18N4O2. The van der Waals surface area contributed by atoms with Gasteiger partial charge in [0.25, 0.3) is 0 Å². The van der Waals surface area contributed by atoms with Gasteiger partial charge >= 0.3 is 0 Å². The summed E-state index contributed by atoms with van der Waals surface area (Å²) in [6.45, 7) is 3.69. The first kappa shape index (κ1) is 15.2. The Labute approximate surface area is 128 Å². The van der Waals surface area contributed by atoms with Gasteiger partial charge in [-0.3, -0.25) is 4.79 Å². The third-order valence-corrected chi connectivity index (χ3v) is 3.10. The summed E-state index contributed by atoms with van der Waals surface area (Å²) >= 11 is 0. The van der Waals surface area contributed by atoms with E-state index < -0.39 is 0 Å². The molecule has 0 aliphatic carbocycles. The first-order valence-corrected chi connectivity index (χ1v) is 6.64. The smallest absolute Gasteiger partial charge is 0.243 e. The molecule has 114 valence electrons. The number of H-pyrrole nitrogens is 1. The van der Waals surface area contributed by atoms with Crippen LogP contribution in [-0.4, -0.2) is 16.0 Å². The van der Waals surface area contributed by atoms with Crippen LogP contribution in [0.5, 0.6) is 5.75 Å². The molecule has 0 fully saturated rings. The Morgan fingerprint density at radius 1 is 1.41 bits per heavy atom. The average molecular weight is 298 g/mol. The van der Waals surface area contributed by atoms with Gasteiger partial charge < -0.3 is 26.9 Å². The van der Waals surface area contributed by atoms with E-state index in [1.165, 1.54) is 6.08 Å². The van der Waals surface area contributed by atoms with Crippen LogP contribution in [0.2, 0.25) is 0 Å². The van der Waals surface area contributed by atoms with Gasteiger partial charge in [-0.2, -0.15) is 0 Å². The number of amides is 1. The molecule has 6 heteroatoms. The predicted molar refractivity (Wildman–Crippen MR) is 87.4 cm³/mol. The quantitative estimate of drug-likeness (QED) is 0.538. The highest BCUT2D eigenvalue weighted by molar-refractivity contribution is 5.87. The Kier molecular flexibility index (Phi) is 4.53. The normalized spacial score (nSPS) is 11.2. The second-order valence-corrected chi connectivity index (χ2v) is 4.70. The monoisotopic (exact) mass is 298 g/mol. The van der Waals surface area contributed by atoms with Crippen LogP contribution in [-0.2, 0) is 11.3 Å². The molecule has 0 saturated heterocycles. The molecule has 0 bridgehead atoms. The van der Waals surface area contributed by atoms with Crippen LogP contribution in [0.3, 0.4) is 0 Å². The summed E-state index contributed by atoms with van der Waals surface area (Å²) in [6, 6.07) is 8.57. The number of nitrogens with two attached hydrogens (primary N) is 2. The largest absolute Gasteiger partial charge is 0.507 e. The topological polar surface area (TPSA) is 117 Å². The Balaban J connectivity index is 2.21. The van der Waals surface area contributed by atoms with Crippen molar-refractivity contribution < 1.29 is 9.90 Å². The summed E-state index contributed by atoms with van der Waals surface area (Å²) < 4.78 is 0. The molecule has 0 atom stereocenters. The van der Waals surface area contributed by atoms with E-state index in [4.69, 9.17) is 11.5 Å². The third-order valence-electron chi connectivity index (χ3n) is 3.10. The molecule has 0 aliphatic heterocycles. The Morgan fingerprint density at radius 3 is 2.82 bits per heavy atom. The lowest BCUT2D eigenvalue weighted by molar-refractivity contribution is -0.116. The highest BCUT2D eigenvalue weighted by Gasteiger charge is 2.07. The lowest BCUT2D eigenvalue weighted by Gasteiger charge is -2.04. The molecule has 0 saturated carbocycles. The number of hydrogen-bond acceptors (Lipinski definition) is 4. The molecule has 1 heterocycles. The number of anilines is 1. The molecule has 2 rings (SSSR count). The van der Waals surface area contributed by atoms with Gasteiger partial charge in [0.2, 0.25) is 5.91 Å². The van der Waals surface area contributed by atoms with E-state index in [2.05, 4.69) is 16.9 Å². The zero-order chi connectivity index (χ0) is 16.1. The maximum Gasteiger partial charge on any atom is 0.243 e. The number of phenolic OH excluding ortho intramolecular Hbond substituents is 1. The molecule has 6 nitrogen and oxygen atoms in total. The number of phenols is 1. The number of aromatic nitrogens is 1. The zero-order valence-electron chi connectivity index (χ0n) is 12.0. The summed E-state index contributed by atoms with van der Waals surface area (Å²) in [5, 5.41) is 12.4. The molecule has 1 amide bonds. The van der Waals surface area contributed by atoms with Crippen molar-refractivity contribution in [3.63, 3.8) is 0 Å². The molecule has 2 aromatic rings. The van der Waals surface area contributed by atoms with Gasteiger partial charge in [-0.15, -0.1) is 0 Å². The summed E-state index contributed by atoms with van der Waals surface area (Å²) in [4.78, 5) is 14.1. The fraction of sp³-hybridized carbons (Fsp3) is 0.0625. The van der Waals surface area contributed by atoms with Crippen LogP contribution in [0.15, 0.2) is 43.0 Å². The average Bonchev–Trinajstić information content (AvgIpc) is 2.85. The van der Waals surface area contributed by atoms with E-state index in [9.17, 15) is 9.90 Å². The van der Waals surface area contributed by atoms with Gasteiger partial charge in [-0.1, -0.05) is 18.7 Å². The van der Waals surface area contributed by atoms with Crippen molar-refractivity contribution in [3.05, 3.63) is 59.8 Å². The van der Waals surface area contributed by atoms with Crippen molar-refractivity contribution in [2.24, 2.45) is 5.73 Å². The first-order valence-electron chi connectivity index (χ1n) is 6.64. The maximum absolute atomic E-state index is 11.1. The van der Waals surface area contributed by atoms with E-state index in [1.54, 1.807) is 36.4 Å². The van der Waals surface area contributed by atoms with Gasteiger partial charge in [-0.05, 0) is 30.4 Å². The van der Waals surface area contributed by atoms with E-state index in [1.807, 2.05) is 0 Å². The number of hydrogen-bond donors (Lipinski definition) is 5. The van der Waals surface area contributed by atoms with Crippen molar-refractivity contribution in [1.82, 2.24) is 10.3 Å². The Bertz CT molecular complexity index is 731. The summed E-state index contributed by atoms with van der Waals surface area (Å²) in [5.41, 5.74) is 14.2. The number of carbonyl (C=O) groups excluding carboxylic acids is 1. The van der Waals surface area contributed by atoms with Crippen molar-refractivity contribution in [1.29, 1.82) is 0 Å². The number of carbonyl (C=O) groups is 1. The van der Waals surface area contributed by atoms with Crippen LogP contribution < -0.4 is 16.8 Å². The number of para-hydroxylation sites is 1. The minimum absolute atomic E-state index is 0.101. The van der Waals surface area contributed by atoms with Crippen LogP contribution in [0, 0.1) is 0 Å². The van der Waals surface area contributed by atoms with Gasteiger partial charge in [0.05, 0.1) is 6.54 Å². The number of aromatic hydroxyl groups is 1. The minimum Gasteiger partial charge on any atom is -0.507 e. The van der Waals surface area contributed by atoms with E-state index in [-0.39, 0.29) is 11.7 Å². The standard InChI is InChI=1S/C16H18N4O2/c1-2-15(22)19-9-11-7-10(16(18)20-11)8-13(17)12-5-3-4-6-14(12)21/h2-8,20-21H,1,9,17-18H2,(H,19,22)/b13-8-. The molecule has 1 aromatic carbocycles. The second kappa shape index (κ2) is 6.53. The summed E-state index contributed by atoms with van der Waals surface area (Å²) in [7, 11) is 0. The second-order valence-electron chi connectivity index (χ2n) is 4.70. The van der Waals surface area contributed by atoms with Crippen LogP contribution in [0.1, 0.15) is 16.8 Å². The van der Waals surface area contributed by atoms with Crippen LogP contribution in [0.25, 0.3) is 11.8 Å². The van der Waals surface area contributed by atoms with Crippen LogP contribution in [0.4, 0.5) is 5.82 Å². The molecule has 7 N–H and O–H groups in total. The molecule has 0 unspecified atom stereocenters. The van der Waals surface area contributed by atoms with E-state index >= 15 is 0 Å². The molecule has 22 heavy (non-hydrogen) atoms. The van der Waals surface area contributed by atoms with Gasteiger partial charge in [-0.25, -0.2) is 0 Å². The highest BCUT2D eigenvalue weighted by Crippen LogP contribution is 2.24. The predicted octanol–water partition coefficient (Wildman–Crippen LogP) is 1.56. The van der Waals surface area contributed by atoms with Crippen LogP contribution >= 0.6 is 0 Å². The Hall–Kier alpha value is -3.15.